The molecule has 22 heavy (non-hydrogen) atoms. The summed E-state index contributed by atoms with van der Waals surface area (Å²) in [5.41, 5.74) is 0.944. The smallest absolute Gasteiger partial charge is 0.287 e. The number of carbonyl (C=O) groups is 1. The van der Waals surface area contributed by atoms with Gasteiger partial charge >= 0.3 is 0 Å². The van der Waals surface area contributed by atoms with Crippen molar-refractivity contribution in [2.24, 2.45) is 0 Å². The number of nitro benzene ring substituents is 1. The fraction of sp³-hybridized carbons (Fsp3) is 0.133. The Morgan fingerprint density at radius 2 is 1.95 bits per heavy atom. The minimum atomic E-state index is -0.596. The Balaban J connectivity index is 2.02. The van der Waals surface area contributed by atoms with Crippen LogP contribution in [0.25, 0.3) is 0 Å². The maximum Gasteiger partial charge on any atom is 0.287 e. The maximum absolute atomic E-state index is 12.0. The van der Waals surface area contributed by atoms with Crippen molar-refractivity contribution in [1.29, 1.82) is 0 Å². The van der Waals surface area contributed by atoms with E-state index in [4.69, 9.17) is 16.3 Å². The van der Waals surface area contributed by atoms with Crippen LogP contribution in [0.2, 0.25) is 5.02 Å². The summed E-state index contributed by atoms with van der Waals surface area (Å²) in [6.07, 6.45) is 0. The number of halogens is 1. The van der Waals surface area contributed by atoms with E-state index in [9.17, 15) is 14.9 Å². The van der Waals surface area contributed by atoms with E-state index < -0.39 is 4.92 Å². The van der Waals surface area contributed by atoms with Crippen LogP contribution in [0.5, 0.6) is 5.75 Å². The van der Waals surface area contributed by atoms with Crippen LogP contribution in [0.15, 0.2) is 42.5 Å². The number of nitrogens with zero attached hydrogens (tertiary/aromatic N) is 1. The molecule has 2 rings (SSSR count). The Hall–Kier alpha value is -2.60. The summed E-state index contributed by atoms with van der Waals surface area (Å²) in [5.74, 6) is 0.379. The van der Waals surface area contributed by atoms with Crippen molar-refractivity contribution < 1.29 is 14.5 Å². The van der Waals surface area contributed by atoms with Gasteiger partial charge < -0.3 is 10.1 Å². The highest BCUT2D eigenvalue weighted by Gasteiger charge is 2.15. The fourth-order valence-corrected chi connectivity index (χ4v) is 2.07. The molecule has 6 nitrogen and oxygen atoms in total. The molecule has 0 bridgehead atoms. The molecule has 2 aromatic carbocycles. The fourth-order valence-electron chi connectivity index (χ4n) is 1.82. The van der Waals surface area contributed by atoms with Crippen LogP contribution in [0, 0.1) is 10.1 Å². The van der Waals surface area contributed by atoms with E-state index in [1.54, 1.807) is 19.2 Å². The van der Waals surface area contributed by atoms with Gasteiger partial charge in [-0.25, -0.2) is 0 Å². The van der Waals surface area contributed by atoms with Gasteiger partial charge in [0, 0.05) is 18.2 Å². The van der Waals surface area contributed by atoms with Crippen molar-refractivity contribution in [2.45, 2.75) is 6.54 Å². The van der Waals surface area contributed by atoms with Gasteiger partial charge in [0.2, 0.25) is 0 Å². The Morgan fingerprint density at radius 1 is 1.27 bits per heavy atom. The number of benzene rings is 2. The zero-order valence-corrected chi connectivity index (χ0v) is 12.5. The zero-order chi connectivity index (χ0) is 16.1. The number of ether oxygens (including phenoxy) is 1. The predicted octanol–water partition coefficient (Wildman–Crippen LogP) is 3.19. The summed E-state index contributed by atoms with van der Waals surface area (Å²) in [5, 5.41) is 13.3. The van der Waals surface area contributed by atoms with Crippen molar-refractivity contribution in [2.75, 3.05) is 7.11 Å². The van der Waals surface area contributed by atoms with E-state index in [2.05, 4.69) is 5.32 Å². The SMILES string of the molecule is COc1ccc(CNC(=O)c2ccc([N+](=O)[O-])c(Cl)c2)cc1. The van der Waals surface area contributed by atoms with Crippen LogP contribution >= 0.6 is 11.6 Å². The molecule has 0 saturated carbocycles. The molecule has 0 aliphatic carbocycles. The van der Waals surface area contributed by atoms with E-state index in [1.165, 1.54) is 18.2 Å². The summed E-state index contributed by atoms with van der Waals surface area (Å²) in [6, 6.07) is 11.1. The van der Waals surface area contributed by atoms with Crippen molar-refractivity contribution in [3.63, 3.8) is 0 Å². The van der Waals surface area contributed by atoms with E-state index in [-0.39, 0.29) is 22.2 Å². The van der Waals surface area contributed by atoms with Gasteiger partial charge in [0.05, 0.1) is 12.0 Å². The molecule has 0 aromatic heterocycles. The lowest BCUT2D eigenvalue weighted by molar-refractivity contribution is -0.384. The third-order valence-corrected chi connectivity index (χ3v) is 3.32. The number of amides is 1. The van der Waals surface area contributed by atoms with Gasteiger partial charge in [0.25, 0.3) is 11.6 Å². The van der Waals surface area contributed by atoms with Crippen molar-refractivity contribution in [3.05, 3.63) is 68.7 Å². The highest BCUT2D eigenvalue weighted by Crippen LogP contribution is 2.24. The lowest BCUT2D eigenvalue weighted by Gasteiger charge is -2.07. The molecule has 0 radical (unpaired) electrons. The minimum absolute atomic E-state index is 0.0675. The van der Waals surface area contributed by atoms with Crippen molar-refractivity contribution >= 4 is 23.2 Å². The molecule has 0 aliphatic rings. The predicted molar refractivity (Wildman–Crippen MR) is 82.3 cm³/mol. The molecule has 7 heteroatoms. The largest absolute Gasteiger partial charge is 0.497 e. The third kappa shape index (κ3) is 3.73. The van der Waals surface area contributed by atoms with Gasteiger partial charge in [-0.3, -0.25) is 14.9 Å². The van der Waals surface area contributed by atoms with Crippen LogP contribution in [0.1, 0.15) is 15.9 Å². The highest BCUT2D eigenvalue weighted by atomic mass is 35.5. The van der Waals surface area contributed by atoms with Crippen LogP contribution in [0.4, 0.5) is 5.69 Å². The summed E-state index contributed by atoms with van der Waals surface area (Å²) in [7, 11) is 1.58. The van der Waals surface area contributed by atoms with Crippen LogP contribution < -0.4 is 10.1 Å². The summed E-state index contributed by atoms with van der Waals surface area (Å²) < 4.78 is 5.05. The Morgan fingerprint density at radius 3 is 2.50 bits per heavy atom. The Labute approximate surface area is 131 Å². The number of methoxy groups -OCH3 is 1. The number of carbonyl (C=O) groups excluding carboxylic acids is 1. The highest BCUT2D eigenvalue weighted by molar-refractivity contribution is 6.33. The van der Waals surface area contributed by atoms with Crippen LogP contribution in [-0.4, -0.2) is 17.9 Å². The third-order valence-electron chi connectivity index (χ3n) is 3.02. The normalized spacial score (nSPS) is 10.1. The number of nitro groups is 1. The standard InChI is InChI=1S/C15H13ClN2O4/c1-22-12-5-2-10(3-6-12)9-17-15(19)11-4-7-14(18(20)21)13(16)8-11/h2-8H,9H2,1H3,(H,17,19). The van der Waals surface area contributed by atoms with Gasteiger partial charge in [0.1, 0.15) is 10.8 Å². The average Bonchev–Trinajstić information content (AvgIpc) is 2.52. The van der Waals surface area contributed by atoms with Gasteiger partial charge in [0.15, 0.2) is 0 Å². The quantitative estimate of drug-likeness (QED) is 0.677. The maximum atomic E-state index is 12.0. The number of hydrogen-bond donors (Lipinski definition) is 1. The first kappa shape index (κ1) is 15.8. The second kappa shape index (κ2) is 6.91. The van der Waals surface area contributed by atoms with Crippen LogP contribution in [0.3, 0.4) is 0 Å². The number of hydrogen-bond acceptors (Lipinski definition) is 4. The first-order valence-corrected chi connectivity index (χ1v) is 6.74. The molecule has 0 heterocycles. The molecule has 1 amide bonds. The van der Waals surface area contributed by atoms with Gasteiger partial charge in [-0.05, 0) is 29.8 Å². The first-order valence-electron chi connectivity index (χ1n) is 6.36. The van der Waals surface area contributed by atoms with E-state index >= 15 is 0 Å². The van der Waals surface area contributed by atoms with Crippen molar-refractivity contribution in [1.82, 2.24) is 5.32 Å². The number of nitrogens with one attached hydrogen (secondary N) is 1. The zero-order valence-electron chi connectivity index (χ0n) is 11.7. The molecular weight excluding hydrogens is 308 g/mol. The first-order chi connectivity index (χ1) is 10.5. The van der Waals surface area contributed by atoms with E-state index in [0.717, 1.165) is 11.3 Å². The molecule has 2 aromatic rings. The summed E-state index contributed by atoms with van der Waals surface area (Å²) in [6.45, 7) is 0.331. The van der Waals surface area contributed by atoms with Crippen LogP contribution in [-0.2, 0) is 6.54 Å². The Bertz CT molecular complexity index is 701. The minimum Gasteiger partial charge on any atom is -0.497 e. The average molecular weight is 321 g/mol. The Kier molecular flexibility index (Phi) is 4.95. The molecule has 0 saturated heterocycles. The van der Waals surface area contributed by atoms with E-state index in [0.29, 0.717) is 6.54 Å². The summed E-state index contributed by atoms with van der Waals surface area (Å²) >= 11 is 5.78. The topological polar surface area (TPSA) is 81.5 Å². The monoisotopic (exact) mass is 320 g/mol. The second-order valence-electron chi connectivity index (χ2n) is 4.45. The lowest BCUT2D eigenvalue weighted by Crippen LogP contribution is -2.22. The van der Waals surface area contributed by atoms with Gasteiger partial charge in [-0.1, -0.05) is 23.7 Å². The van der Waals surface area contributed by atoms with E-state index in [1.807, 2.05) is 12.1 Å². The molecule has 0 spiro atoms. The van der Waals surface area contributed by atoms with Crippen molar-refractivity contribution in [3.8, 4) is 5.75 Å². The molecule has 0 aliphatic heterocycles. The second-order valence-corrected chi connectivity index (χ2v) is 4.86. The van der Waals surface area contributed by atoms with Gasteiger partial charge in [-0.2, -0.15) is 0 Å². The lowest BCUT2D eigenvalue weighted by atomic mass is 10.1. The molecule has 0 fully saturated rings. The number of rotatable bonds is 5. The molecular formula is C15H13ClN2O4. The summed E-state index contributed by atoms with van der Waals surface area (Å²) in [4.78, 5) is 22.1. The molecule has 114 valence electrons. The molecule has 0 atom stereocenters. The molecule has 1 N–H and O–H groups in total. The molecule has 0 unspecified atom stereocenters. The van der Waals surface area contributed by atoms with Gasteiger partial charge in [-0.15, -0.1) is 0 Å².